The van der Waals surface area contributed by atoms with Crippen molar-refractivity contribution in [2.24, 2.45) is 11.3 Å². The Morgan fingerprint density at radius 2 is 1.53 bits per heavy atom. The lowest BCUT2D eigenvalue weighted by Crippen LogP contribution is -2.49. The molecule has 1 fully saturated rings. The number of carbonyl (C=O) groups excluding carboxylic acids is 2. The summed E-state index contributed by atoms with van der Waals surface area (Å²) < 4.78 is 23.5. The van der Waals surface area contributed by atoms with Crippen molar-refractivity contribution in [2.75, 3.05) is 14.2 Å². The van der Waals surface area contributed by atoms with Crippen LogP contribution in [0.3, 0.4) is 0 Å². The van der Waals surface area contributed by atoms with E-state index in [1.165, 1.54) is 21.1 Å². The second-order valence-electron chi connectivity index (χ2n) is 13.8. The number of hydrogen-bond acceptors (Lipinski definition) is 8. The van der Waals surface area contributed by atoms with Gasteiger partial charge < -0.3 is 29.2 Å². The fourth-order valence-corrected chi connectivity index (χ4v) is 8.06. The van der Waals surface area contributed by atoms with Gasteiger partial charge in [0.15, 0.2) is 23.0 Å². The Kier molecular flexibility index (Phi) is 11.0. The molecule has 0 aromatic heterocycles. The van der Waals surface area contributed by atoms with Gasteiger partial charge in [0.1, 0.15) is 12.2 Å². The van der Waals surface area contributed by atoms with Gasteiger partial charge in [-0.25, -0.2) is 0 Å². The van der Waals surface area contributed by atoms with Crippen LogP contribution in [-0.2, 0) is 38.3 Å². The third-order valence-electron chi connectivity index (χ3n) is 10.5. The van der Waals surface area contributed by atoms with E-state index in [9.17, 15) is 19.8 Å². The standard InChI is InChI=1S/C43H46O8/c1-28(44)50-39-25-35(51-42(47)17-14-29-10-6-4-7-11-29)20-33(31-15-16-37(45)40(23-31)48-2)26-43(19-18-30-12-8-5-9-13-30)27-34-22-38(46)41(49-3)24-32(34)21-36(39)43/h4-13,15-16,18-19,22-24,33,35-36,39,45-46H,14,17,20-21,25-27H2,1-3H3/t33-,35+,36+,39+,43+/m1/s1. The van der Waals surface area contributed by atoms with Gasteiger partial charge in [-0.15, -0.1) is 0 Å². The summed E-state index contributed by atoms with van der Waals surface area (Å²) in [6, 6.07) is 29.0. The van der Waals surface area contributed by atoms with Crippen molar-refractivity contribution in [3.63, 3.8) is 0 Å². The number of esters is 2. The van der Waals surface area contributed by atoms with Crippen LogP contribution in [0.1, 0.15) is 66.3 Å². The first-order chi connectivity index (χ1) is 24.7. The van der Waals surface area contributed by atoms with Gasteiger partial charge in [0.2, 0.25) is 0 Å². The highest BCUT2D eigenvalue weighted by Gasteiger charge is 2.50. The average Bonchev–Trinajstić information content (AvgIpc) is 3.12. The van der Waals surface area contributed by atoms with Crippen molar-refractivity contribution in [1.82, 2.24) is 0 Å². The molecule has 0 heterocycles. The second-order valence-corrected chi connectivity index (χ2v) is 13.8. The summed E-state index contributed by atoms with van der Waals surface area (Å²) >= 11 is 0. The fraction of sp³-hybridized carbons (Fsp3) is 0.349. The zero-order valence-corrected chi connectivity index (χ0v) is 29.4. The molecule has 0 unspecified atom stereocenters. The van der Waals surface area contributed by atoms with Crippen LogP contribution in [-0.4, -0.2) is 48.6 Å². The molecule has 5 atom stereocenters. The maximum atomic E-state index is 13.4. The lowest BCUT2D eigenvalue weighted by Gasteiger charge is -2.50. The summed E-state index contributed by atoms with van der Waals surface area (Å²) in [6.07, 6.45) is 6.55. The van der Waals surface area contributed by atoms with E-state index in [1.807, 2.05) is 66.7 Å². The summed E-state index contributed by atoms with van der Waals surface area (Å²) in [7, 11) is 3.05. The van der Waals surface area contributed by atoms with Gasteiger partial charge in [-0.3, -0.25) is 9.59 Å². The third-order valence-corrected chi connectivity index (χ3v) is 10.5. The van der Waals surface area contributed by atoms with Gasteiger partial charge in [0.25, 0.3) is 0 Å². The van der Waals surface area contributed by atoms with E-state index in [2.05, 4.69) is 24.3 Å². The van der Waals surface area contributed by atoms with E-state index in [0.717, 1.165) is 27.8 Å². The minimum absolute atomic E-state index is 0.0403. The highest BCUT2D eigenvalue weighted by Crippen LogP contribution is 2.54. The van der Waals surface area contributed by atoms with Crippen LogP contribution in [0.5, 0.6) is 23.0 Å². The number of aromatic hydroxyl groups is 2. The first kappa shape index (κ1) is 35.6. The van der Waals surface area contributed by atoms with Gasteiger partial charge >= 0.3 is 11.9 Å². The number of aryl methyl sites for hydroxylation is 1. The van der Waals surface area contributed by atoms with Crippen LogP contribution in [0, 0.1) is 11.3 Å². The molecule has 4 aromatic carbocycles. The number of ether oxygens (including phenoxy) is 4. The molecule has 0 spiro atoms. The molecule has 4 aromatic rings. The zero-order chi connectivity index (χ0) is 36.0. The lowest BCUT2D eigenvalue weighted by molar-refractivity contribution is -0.161. The number of carbonyl (C=O) groups is 2. The summed E-state index contributed by atoms with van der Waals surface area (Å²) in [5, 5.41) is 21.4. The van der Waals surface area contributed by atoms with E-state index in [0.29, 0.717) is 50.0 Å². The number of methoxy groups -OCH3 is 2. The van der Waals surface area contributed by atoms with Crippen molar-refractivity contribution in [3.8, 4) is 23.0 Å². The Balaban J connectivity index is 1.45. The normalized spacial score (nSPS) is 22.9. The van der Waals surface area contributed by atoms with Gasteiger partial charge in [-0.1, -0.05) is 78.9 Å². The molecular formula is C43H46O8. The molecule has 8 nitrogen and oxygen atoms in total. The van der Waals surface area contributed by atoms with Crippen LogP contribution in [0.25, 0.3) is 6.08 Å². The van der Waals surface area contributed by atoms with Gasteiger partial charge in [0.05, 0.1) is 14.2 Å². The Morgan fingerprint density at radius 3 is 2.24 bits per heavy atom. The summed E-state index contributed by atoms with van der Waals surface area (Å²) in [6.45, 7) is 1.42. The molecule has 2 aliphatic rings. The van der Waals surface area contributed by atoms with E-state index >= 15 is 0 Å². The number of phenols is 2. The van der Waals surface area contributed by atoms with Crippen molar-refractivity contribution in [3.05, 3.63) is 125 Å². The molecule has 0 aliphatic heterocycles. The highest BCUT2D eigenvalue weighted by molar-refractivity contribution is 5.70. The molecule has 0 bridgehead atoms. The first-order valence-corrected chi connectivity index (χ1v) is 17.6. The molecule has 2 aliphatic carbocycles. The molecule has 1 saturated carbocycles. The highest BCUT2D eigenvalue weighted by atomic mass is 16.6. The van der Waals surface area contributed by atoms with Crippen molar-refractivity contribution < 1.29 is 38.7 Å². The van der Waals surface area contributed by atoms with E-state index in [4.69, 9.17) is 18.9 Å². The summed E-state index contributed by atoms with van der Waals surface area (Å²) in [5.41, 5.74) is 4.48. The molecule has 6 rings (SSSR count). The van der Waals surface area contributed by atoms with E-state index in [1.54, 1.807) is 12.1 Å². The SMILES string of the molecule is COc1cc([C@@H]2C[C@H](OC(=O)CCc3ccccc3)C[C@H](OC(C)=O)[C@@H]3Cc4cc(OC)c(O)cc4C[C@]3(C=Cc3ccccc3)C2)ccc1O. The molecular weight excluding hydrogens is 644 g/mol. The summed E-state index contributed by atoms with van der Waals surface area (Å²) in [5.74, 6) is -0.200. The van der Waals surface area contributed by atoms with E-state index < -0.39 is 23.6 Å². The Bertz CT molecular complexity index is 1850. The predicted octanol–water partition coefficient (Wildman–Crippen LogP) is 7.97. The minimum Gasteiger partial charge on any atom is -0.504 e. The number of rotatable bonds is 10. The monoisotopic (exact) mass is 690 g/mol. The zero-order valence-electron chi connectivity index (χ0n) is 29.4. The number of hydrogen-bond donors (Lipinski definition) is 2. The lowest BCUT2D eigenvalue weighted by atomic mass is 9.56. The predicted molar refractivity (Wildman–Crippen MR) is 195 cm³/mol. The fourth-order valence-electron chi connectivity index (χ4n) is 8.06. The van der Waals surface area contributed by atoms with Crippen LogP contribution in [0.2, 0.25) is 0 Å². The number of fused-ring (bicyclic) bond motifs is 2. The molecule has 8 heteroatoms. The largest absolute Gasteiger partial charge is 0.504 e. The molecule has 2 N–H and O–H groups in total. The van der Waals surface area contributed by atoms with E-state index in [-0.39, 0.29) is 35.7 Å². The quantitative estimate of drug-likeness (QED) is 0.161. The number of benzene rings is 4. The Morgan fingerprint density at radius 1 is 0.824 bits per heavy atom. The molecule has 0 radical (unpaired) electrons. The topological polar surface area (TPSA) is 112 Å². The molecule has 0 amide bonds. The van der Waals surface area contributed by atoms with Crippen molar-refractivity contribution in [2.45, 2.75) is 70.0 Å². The number of allylic oxidation sites excluding steroid dienone is 1. The minimum atomic E-state index is -0.571. The van der Waals surface area contributed by atoms with Gasteiger partial charge in [-0.2, -0.15) is 0 Å². The smallest absolute Gasteiger partial charge is 0.306 e. The molecule has 51 heavy (non-hydrogen) atoms. The first-order valence-electron chi connectivity index (χ1n) is 17.6. The van der Waals surface area contributed by atoms with Gasteiger partial charge in [-0.05, 0) is 95.5 Å². The maximum absolute atomic E-state index is 13.4. The van der Waals surface area contributed by atoms with Crippen molar-refractivity contribution >= 4 is 18.0 Å². The van der Waals surface area contributed by atoms with Crippen LogP contribution >= 0.6 is 0 Å². The molecule has 266 valence electrons. The third kappa shape index (κ3) is 8.39. The Hall–Kier alpha value is -5.24. The van der Waals surface area contributed by atoms with Gasteiger partial charge in [0, 0.05) is 25.7 Å². The molecule has 0 saturated heterocycles. The van der Waals surface area contributed by atoms with Crippen LogP contribution in [0.15, 0.2) is 97.1 Å². The Labute approximate surface area is 299 Å². The number of phenolic OH excluding ortho intramolecular Hbond substituents is 2. The van der Waals surface area contributed by atoms with Crippen LogP contribution < -0.4 is 9.47 Å². The maximum Gasteiger partial charge on any atom is 0.306 e. The average molecular weight is 691 g/mol. The second kappa shape index (κ2) is 15.8. The van der Waals surface area contributed by atoms with Crippen LogP contribution in [0.4, 0.5) is 0 Å². The van der Waals surface area contributed by atoms with Crippen molar-refractivity contribution in [1.29, 1.82) is 0 Å². The summed E-state index contributed by atoms with van der Waals surface area (Å²) in [4.78, 5) is 26.2.